The summed E-state index contributed by atoms with van der Waals surface area (Å²) in [5, 5.41) is 6.67. The van der Waals surface area contributed by atoms with Crippen LogP contribution in [-0.4, -0.2) is 43.6 Å². The quantitative estimate of drug-likeness (QED) is 0.166. The summed E-state index contributed by atoms with van der Waals surface area (Å²) in [6, 6.07) is 57.1. The molecule has 294 valence electrons. The van der Waals surface area contributed by atoms with Crippen molar-refractivity contribution < 1.29 is 0 Å². The maximum atomic E-state index is 5.15. The first-order chi connectivity index (χ1) is 31.3. The second-order valence-electron chi connectivity index (χ2n) is 15.5. The van der Waals surface area contributed by atoms with Gasteiger partial charge in [-0.05, 0) is 54.6 Å². The molecule has 0 radical (unpaired) electrons. The Hall–Kier alpha value is -8.82. The van der Waals surface area contributed by atoms with Crippen LogP contribution < -0.4 is 0 Å². The number of hydrogen-bond donors (Lipinski definition) is 0. The largest absolute Gasteiger partial charge is 0.308 e. The van der Waals surface area contributed by atoms with Crippen molar-refractivity contribution in [3.05, 3.63) is 201 Å². The summed E-state index contributed by atoms with van der Waals surface area (Å²) in [7, 11) is 0. The first-order valence-electron chi connectivity index (χ1n) is 20.9. The van der Waals surface area contributed by atoms with Crippen molar-refractivity contribution in [3.8, 4) is 51.2 Å². The number of aromatic nitrogens is 9. The lowest BCUT2D eigenvalue weighted by atomic mass is 9.92. The smallest absolute Gasteiger partial charge is 0.163 e. The van der Waals surface area contributed by atoms with E-state index in [1.807, 2.05) is 55.4 Å². The third-order valence-corrected chi connectivity index (χ3v) is 12.2. The summed E-state index contributed by atoms with van der Waals surface area (Å²) in [6.07, 6.45) is 10.9. The second kappa shape index (κ2) is 13.9. The van der Waals surface area contributed by atoms with Gasteiger partial charge >= 0.3 is 0 Å². The Morgan fingerprint density at radius 3 is 0.619 bits per heavy atom. The highest BCUT2D eigenvalue weighted by molar-refractivity contribution is 6.17. The highest BCUT2D eigenvalue weighted by Crippen LogP contribution is 2.53. The Morgan fingerprint density at radius 1 is 0.222 bits per heavy atom. The molecule has 6 heterocycles. The van der Waals surface area contributed by atoms with E-state index < -0.39 is 0 Å². The molecule has 9 heteroatoms. The predicted molar refractivity (Wildman–Crippen MR) is 253 cm³/mol. The van der Waals surface area contributed by atoms with Gasteiger partial charge in [0, 0.05) is 69.5 Å². The fourth-order valence-corrected chi connectivity index (χ4v) is 9.79. The van der Waals surface area contributed by atoms with E-state index in [4.69, 9.17) is 29.9 Å². The summed E-state index contributed by atoms with van der Waals surface area (Å²) in [4.78, 5) is 30.9. The Balaban J connectivity index is 1.42. The van der Waals surface area contributed by atoms with Crippen LogP contribution in [0.4, 0.5) is 0 Å². The van der Waals surface area contributed by atoms with Crippen molar-refractivity contribution in [1.82, 2.24) is 43.6 Å². The molecule has 9 nitrogen and oxygen atoms in total. The number of fused-ring (bicyclic) bond motifs is 9. The van der Waals surface area contributed by atoms with E-state index in [9.17, 15) is 0 Å². The van der Waals surface area contributed by atoms with Crippen LogP contribution in [0.15, 0.2) is 201 Å². The monoisotopic (exact) mass is 807 g/mol. The molecule has 0 aliphatic rings. The summed E-state index contributed by atoms with van der Waals surface area (Å²) in [5.74, 6) is 1.57. The van der Waals surface area contributed by atoms with Crippen molar-refractivity contribution in [2.24, 2.45) is 0 Å². The molecule has 0 N–H and O–H groups in total. The zero-order valence-electron chi connectivity index (χ0n) is 33.6. The average molecular weight is 808 g/mol. The Bertz CT molecular complexity index is 3320. The Labute approximate surface area is 359 Å². The van der Waals surface area contributed by atoms with Crippen molar-refractivity contribution in [2.75, 3.05) is 0 Å². The third-order valence-electron chi connectivity index (χ3n) is 12.2. The topological polar surface area (TPSA) is 92.1 Å². The summed E-state index contributed by atoms with van der Waals surface area (Å²) in [5.41, 5.74) is 10.8. The van der Waals surface area contributed by atoms with Gasteiger partial charge in [-0.1, -0.05) is 109 Å². The van der Waals surface area contributed by atoms with Crippen LogP contribution in [0.3, 0.4) is 0 Å². The van der Waals surface area contributed by atoms with Crippen molar-refractivity contribution in [3.63, 3.8) is 0 Å². The van der Waals surface area contributed by atoms with E-state index in [0.29, 0.717) is 17.5 Å². The lowest BCUT2D eigenvalue weighted by Gasteiger charge is -2.28. The lowest BCUT2D eigenvalue weighted by molar-refractivity contribution is 1.05. The van der Waals surface area contributed by atoms with Gasteiger partial charge in [-0.15, -0.1) is 0 Å². The molecule has 7 aromatic carbocycles. The summed E-state index contributed by atoms with van der Waals surface area (Å²) in [6.45, 7) is 0. The number of rotatable bonds is 6. The van der Waals surface area contributed by atoms with Crippen molar-refractivity contribution >= 4 is 65.4 Å². The van der Waals surface area contributed by atoms with Gasteiger partial charge in [-0.3, -0.25) is 0 Å². The molecule has 0 atom stereocenters. The van der Waals surface area contributed by atoms with Gasteiger partial charge in [0.1, 0.15) is 0 Å². The Morgan fingerprint density at radius 2 is 0.413 bits per heavy atom. The van der Waals surface area contributed by atoms with Gasteiger partial charge < -0.3 is 13.7 Å². The fourth-order valence-electron chi connectivity index (χ4n) is 9.79. The van der Waals surface area contributed by atoms with E-state index >= 15 is 0 Å². The van der Waals surface area contributed by atoms with Crippen LogP contribution in [0.5, 0.6) is 0 Å². The average Bonchev–Trinajstić information content (AvgIpc) is 4.00. The zero-order chi connectivity index (χ0) is 41.4. The van der Waals surface area contributed by atoms with Gasteiger partial charge in [0.25, 0.3) is 0 Å². The lowest BCUT2D eigenvalue weighted by Crippen LogP contribution is -2.15. The van der Waals surface area contributed by atoms with Gasteiger partial charge in [0.05, 0.1) is 66.9 Å². The molecule has 0 spiro atoms. The standard InChI is InChI=1S/C54H33N9/c1-7-22-40-34(16-1)35-17-2-8-23-41(35)61(40)49-46(52-55-28-13-29-56-52)50(62-42-24-9-3-18-36(42)37-19-4-10-25-43(37)62)48(54-59-32-15-33-60-54)51(47(49)53-57-30-14-31-58-53)63-44-26-11-5-20-38(44)39-21-6-12-27-45(39)63/h1-33H. The van der Waals surface area contributed by atoms with Gasteiger partial charge in [-0.2, -0.15) is 0 Å². The van der Waals surface area contributed by atoms with Gasteiger partial charge in [0.15, 0.2) is 17.5 Å². The van der Waals surface area contributed by atoms with E-state index in [-0.39, 0.29) is 0 Å². The minimum atomic E-state index is 0.523. The maximum absolute atomic E-state index is 5.15. The van der Waals surface area contributed by atoms with Crippen LogP contribution in [-0.2, 0) is 0 Å². The minimum Gasteiger partial charge on any atom is -0.308 e. The highest BCUT2D eigenvalue weighted by Gasteiger charge is 2.36. The van der Waals surface area contributed by atoms with Gasteiger partial charge in [0.2, 0.25) is 0 Å². The number of para-hydroxylation sites is 6. The molecule has 0 aliphatic heterocycles. The highest BCUT2D eigenvalue weighted by atomic mass is 15.1. The molecule has 0 aliphatic carbocycles. The van der Waals surface area contributed by atoms with Crippen molar-refractivity contribution in [1.29, 1.82) is 0 Å². The molecule has 13 aromatic rings. The number of hydrogen-bond acceptors (Lipinski definition) is 6. The number of nitrogens with zero attached hydrogens (tertiary/aromatic N) is 9. The van der Waals surface area contributed by atoms with E-state index in [1.54, 1.807) is 0 Å². The SMILES string of the molecule is c1cnc(-c2c(-n3c4ccccc4c4ccccc43)c(-c3ncccn3)c(-n3c4ccccc4c4ccccc43)c(-c3ncccn3)c2-n2c3ccccc3c3ccccc32)nc1. The minimum absolute atomic E-state index is 0.523. The van der Waals surface area contributed by atoms with Crippen LogP contribution in [0.2, 0.25) is 0 Å². The van der Waals surface area contributed by atoms with E-state index in [2.05, 4.69) is 159 Å². The molecule has 63 heavy (non-hydrogen) atoms. The van der Waals surface area contributed by atoms with Gasteiger partial charge in [-0.25, -0.2) is 29.9 Å². The molecule has 0 saturated carbocycles. The normalized spacial score (nSPS) is 11.8. The molecule has 0 unspecified atom stereocenters. The summed E-state index contributed by atoms with van der Waals surface area (Å²) < 4.78 is 7.10. The zero-order valence-corrected chi connectivity index (χ0v) is 33.6. The molecule has 0 amide bonds. The van der Waals surface area contributed by atoms with Crippen LogP contribution >= 0.6 is 0 Å². The van der Waals surface area contributed by atoms with Crippen LogP contribution in [0, 0.1) is 0 Å². The fraction of sp³-hybridized carbons (Fsp3) is 0. The molecule has 13 rings (SSSR count). The first-order valence-corrected chi connectivity index (χ1v) is 20.9. The third kappa shape index (κ3) is 5.11. The molecular formula is C54H33N9. The molecule has 6 aromatic heterocycles. The second-order valence-corrected chi connectivity index (χ2v) is 15.5. The molecule has 0 bridgehead atoms. The molecular weight excluding hydrogens is 775 g/mol. The van der Waals surface area contributed by atoms with E-state index in [1.165, 1.54) is 0 Å². The van der Waals surface area contributed by atoms with Crippen molar-refractivity contribution in [2.45, 2.75) is 0 Å². The Kier molecular flexibility index (Phi) is 7.70. The van der Waals surface area contributed by atoms with E-state index in [0.717, 1.165) is 99.2 Å². The number of benzene rings is 7. The first kappa shape index (κ1) is 35.0. The van der Waals surface area contributed by atoms with Crippen LogP contribution in [0.25, 0.3) is 117 Å². The summed E-state index contributed by atoms with van der Waals surface area (Å²) >= 11 is 0. The predicted octanol–water partition coefficient (Wildman–Crippen LogP) is 12.3. The molecule has 0 fully saturated rings. The molecule has 0 saturated heterocycles. The van der Waals surface area contributed by atoms with Crippen LogP contribution in [0.1, 0.15) is 0 Å². The maximum Gasteiger partial charge on any atom is 0.163 e.